The Bertz CT molecular complexity index is 732. The molecule has 0 fully saturated rings. The number of halogens is 1. The van der Waals surface area contributed by atoms with Gasteiger partial charge in [0.05, 0.1) is 18.8 Å². The monoisotopic (exact) mass is 378 g/mol. The van der Waals surface area contributed by atoms with Crippen LogP contribution < -0.4 is 0 Å². The highest BCUT2D eigenvalue weighted by atomic mass is 35.5. The van der Waals surface area contributed by atoms with Crippen LogP contribution in [0.2, 0.25) is 0 Å². The average Bonchev–Trinajstić information content (AvgIpc) is 3.08. The normalized spacial score (nSPS) is 13.5. The molecule has 1 heterocycles. The quantitative estimate of drug-likeness (QED) is 0.685. The van der Waals surface area contributed by atoms with Crippen LogP contribution in [-0.2, 0) is 42.1 Å². The number of nitrogens with zero attached hydrogens (tertiary/aromatic N) is 2. The second-order valence-corrected chi connectivity index (χ2v) is 7.52. The Hall–Kier alpha value is -1.43. The number of ether oxygens (including phenoxy) is 1. The lowest BCUT2D eigenvalue weighted by atomic mass is 9.88. The maximum absolute atomic E-state index is 12.4. The van der Waals surface area contributed by atoms with Crippen LogP contribution in [0, 0.1) is 0 Å². The first-order valence-electron chi connectivity index (χ1n) is 8.57. The SMILES string of the molecule is COCc1nc(CN(Cc2cccc3c2CCCC3)C(=O)CCl)cs1. The van der Waals surface area contributed by atoms with Crippen LogP contribution in [0.3, 0.4) is 0 Å². The van der Waals surface area contributed by atoms with Gasteiger partial charge < -0.3 is 9.64 Å². The summed E-state index contributed by atoms with van der Waals surface area (Å²) >= 11 is 7.41. The number of fused-ring (bicyclic) bond motifs is 1. The number of rotatable bonds is 7. The van der Waals surface area contributed by atoms with Gasteiger partial charge in [-0.1, -0.05) is 18.2 Å². The van der Waals surface area contributed by atoms with Crippen LogP contribution >= 0.6 is 22.9 Å². The number of benzene rings is 1. The number of carbonyl (C=O) groups is 1. The zero-order chi connectivity index (χ0) is 17.6. The molecule has 1 aromatic carbocycles. The van der Waals surface area contributed by atoms with Crippen LogP contribution in [0.1, 0.15) is 40.2 Å². The number of aromatic nitrogens is 1. The van der Waals surface area contributed by atoms with Gasteiger partial charge in [0.25, 0.3) is 0 Å². The molecule has 1 aliphatic rings. The number of alkyl halides is 1. The molecule has 25 heavy (non-hydrogen) atoms. The molecule has 0 radical (unpaired) electrons. The third kappa shape index (κ3) is 4.60. The second kappa shape index (κ2) is 8.79. The number of carbonyl (C=O) groups excluding carboxylic acids is 1. The first kappa shape index (κ1) is 18.4. The van der Waals surface area contributed by atoms with Crippen molar-refractivity contribution in [1.82, 2.24) is 9.88 Å². The molecule has 0 aliphatic heterocycles. The van der Waals surface area contributed by atoms with Gasteiger partial charge in [-0.25, -0.2) is 4.98 Å². The Labute approximate surface area is 157 Å². The van der Waals surface area contributed by atoms with Crippen molar-refractivity contribution in [2.24, 2.45) is 0 Å². The van der Waals surface area contributed by atoms with E-state index in [1.54, 1.807) is 18.4 Å². The highest BCUT2D eigenvalue weighted by molar-refractivity contribution is 7.09. The van der Waals surface area contributed by atoms with Crippen molar-refractivity contribution >= 4 is 28.8 Å². The van der Waals surface area contributed by atoms with Gasteiger partial charge in [0.1, 0.15) is 10.9 Å². The van der Waals surface area contributed by atoms with E-state index in [0.29, 0.717) is 19.7 Å². The minimum Gasteiger partial charge on any atom is -0.378 e. The van der Waals surface area contributed by atoms with Crippen LogP contribution in [0.25, 0.3) is 0 Å². The van der Waals surface area contributed by atoms with Crippen molar-refractivity contribution in [2.75, 3.05) is 13.0 Å². The van der Waals surface area contributed by atoms with Gasteiger partial charge in [-0.05, 0) is 42.4 Å². The first-order chi connectivity index (χ1) is 12.2. The predicted molar refractivity (Wildman–Crippen MR) is 101 cm³/mol. The van der Waals surface area contributed by atoms with Crippen molar-refractivity contribution in [3.63, 3.8) is 0 Å². The number of thiazole rings is 1. The molecule has 0 saturated carbocycles. The summed E-state index contributed by atoms with van der Waals surface area (Å²) in [6.07, 6.45) is 4.71. The molecule has 0 atom stereocenters. The Kier molecular flexibility index (Phi) is 6.45. The summed E-state index contributed by atoms with van der Waals surface area (Å²) in [4.78, 5) is 18.7. The second-order valence-electron chi connectivity index (χ2n) is 6.31. The zero-order valence-electron chi connectivity index (χ0n) is 14.5. The van der Waals surface area contributed by atoms with Crippen molar-refractivity contribution in [1.29, 1.82) is 0 Å². The van der Waals surface area contributed by atoms with E-state index >= 15 is 0 Å². The fourth-order valence-electron chi connectivity index (χ4n) is 3.34. The molecule has 134 valence electrons. The fourth-order valence-corrected chi connectivity index (χ4v) is 4.26. The van der Waals surface area contributed by atoms with Crippen molar-refractivity contribution in [3.05, 3.63) is 51.0 Å². The summed E-state index contributed by atoms with van der Waals surface area (Å²) in [7, 11) is 1.66. The van der Waals surface area contributed by atoms with Gasteiger partial charge in [-0.3, -0.25) is 4.79 Å². The smallest absolute Gasteiger partial charge is 0.238 e. The van der Waals surface area contributed by atoms with E-state index in [9.17, 15) is 4.79 Å². The summed E-state index contributed by atoms with van der Waals surface area (Å²) in [5.41, 5.74) is 4.97. The summed E-state index contributed by atoms with van der Waals surface area (Å²) in [5, 5.41) is 2.91. The zero-order valence-corrected chi connectivity index (χ0v) is 16.0. The lowest BCUT2D eigenvalue weighted by Gasteiger charge is -2.25. The van der Waals surface area contributed by atoms with E-state index in [2.05, 4.69) is 23.2 Å². The molecule has 4 nitrogen and oxygen atoms in total. The molecule has 3 rings (SSSR count). The van der Waals surface area contributed by atoms with Crippen LogP contribution in [-0.4, -0.2) is 28.8 Å². The number of hydrogen-bond acceptors (Lipinski definition) is 4. The standard InChI is InChI=1S/C19H23ClN2O2S/c1-24-12-18-21-16(13-25-18)11-22(19(23)9-20)10-15-7-4-6-14-5-2-3-8-17(14)15/h4,6-7,13H,2-3,5,8-12H2,1H3. The van der Waals surface area contributed by atoms with Gasteiger partial charge in [0.2, 0.25) is 5.91 Å². The average molecular weight is 379 g/mol. The maximum Gasteiger partial charge on any atom is 0.238 e. The Morgan fingerprint density at radius 2 is 2.16 bits per heavy atom. The summed E-state index contributed by atoms with van der Waals surface area (Å²) in [6, 6.07) is 6.45. The van der Waals surface area contributed by atoms with Gasteiger partial charge in [0.15, 0.2) is 0 Å². The van der Waals surface area contributed by atoms with Gasteiger partial charge >= 0.3 is 0 Å². The molecule has 0 saturated heterocycles. The summed E-state index contributed by atoms with van der Waals surface area (Å²) in [6.45, 7) is 1.57. The minimum absolute atomic E-state index is 0.00983. The number of methoxy groups -OCH3 is 1. The molecule has 2 aromatic rings. The summed E-state index contributed by atoms with van der Waals surface area (Å²) in [5.74, 6) is -0.0687. The van der Waals surface area contributed by atoms with Gasteiger partial charge in [0, 0.05) is 19.0 Å². The molecular formula is C19H23ClN2O2S. The maximum atomic E-state index is 12.4. The number of aryl methyl sites for hydroxylation is 1. The van der Waals surface area contributed by atoms with Gasteiger partial charge in [-0.2, -0.15) is 0 Å². The third-order valence-electron chi connectivity index (χ3n) is 4.54. The highest BCUT2D eigenvalue weighted by Crippen LogP contribution is 2.26. The van der Waals surface area contributed by atoms with Gasteiger partial charge in [-0.15, -0.1) is 22.9 Å². The lowest BCUT2D eigenvalue weighted by molar-refractivity contribution is -0.129. The number of amides is 1. The summed E-state index contributed by atoms with van der Waals surface area (Å²) < 4.78 is 5.12. The molecule has 1 aliphatic carbocycles. The molecular weight excluding hydrogens is 356 g/mol. The molecule has 0 spiro atoms. The van der Waals surface area contributed by atoms with Crippen molar-refractivity contribution in [2.45, 2.75) is 45.4 Å². The topological polar surface area (TPSA) is 42.4 Å². The Balaban J connectivity index is 1.78. The van der Waals surface area contributed by atoms with Crippen LogP contribution in [0.15, 0.2) is 23.6 Å². The Morgan fingerprint density at radius 1 is 1.32 bits per heavy atom. The highest BCUT2D eigenvalue weighted by Gasteiger charge is 2.19. The van der Waals surface area contributed by atoms with E-state index in [1.165, 1.54) is 29.5 Å². The molecule has 6 heteroatoms. The largest absolute Gasteiger partial charge is 0.378 e. The predicted octanol–water partition coefficient (Wildman–Crippen LogP) is 3.94. The van der Waals surface area contributed by atoms with E-state index in [1.807, 2.05) is 10.3 Å². The lowest BCUT2D eigenvalue weighted by Crippen LogP contribution is -2.31. The van der Waals surface area contributed by atoms with Crippen LogP contribution in [0.5, 0.6) is 0 Å². The number of hydrogen-bond donors (Lipinski definition) is 0. The van der Waals surface area contributed by atoms with E-state index in [-0.39, 0.29) is 11.8 Å². The minimum atomic E-state index is -0.0589. The van der Waals surface area contributed by atoms with E-state index in [4.69, 9.17) is 16.3 Å². The van der Waals surface area contributed by atoms with Crippen LogP contribution in [0.4, 0.5) is 0 Å². The Morgan fingerprint density at radius 3 is 2.96 bits per heavy atom. The van der Waals surface area contributed by atoms with E-state index in [0.717, 1.165) is 23.5 Å². The van der Waals surface area contributed by atoms with Crippen molar-refractivity contribution < 1.29 is 9.53 Å². The first-order valence-corrected chi connectivity index (χ1v) is 9.98. The van der Waals surface area contributed by atoms with Crippen molar-refractivity contribution in [3.8, 4) is 0 Å². The molecule has 0 unspecified atom stereocenters. The molecule has 1 amide bonds. The molecule has 0 N–H and O–H groups in total. The molecule has 0 bridgehead atoms. The molecule has 1 aromatic heterocycles. The van der Waals surface area contributed by atoms with E-state index < -0.39 is 0 Å². The third-order valence-corrected chi connectivity index (χ3v) is 5.64. The fraction of sp³-hybridized carbons (Fsp3) is 0.474.